The Hall–Kier alpha value is -2.61. The predicted molar refractivity (Wildman–Crippen MR) is 98.6 cm³/mol. The lowest BCUT2D eigenvalue weighted by Gasteiger charge is -2.11. The number of carbonyl (C=O) groups excluding carboxylic acids is 2. The van der Waals surface area contributed by atoms with Crippen molar-refractivity contribution in [2.24, 2.45) is 0 Å². The summed E-state index contributed by atoms with van der Waals surface area (Å²) in [7, 11) is 1.59. The molecule has 2 amide bonds. The van der Waals surface area contributed by atoms with Crippen LogP contribution in [0, 0.1) is 0 Å². The predicted octanol–water partition coefficient (Wildman–Crippen LogP) is 2.54. The van der Waals surface area contributed by atoms with E-state index in [9.17, 15) is 9.59 Å². The van der Waals surface area contributed by atoms with Crippen LogP contribution in [0.25, 0.3) is 0 Å². The standard InChI is InChI=1S/C17H22N4O3S/c1-4-11(2)19-15(22)9-18-16(23)13-10-25-17(21-13)20-12-7-5-6-8-14(12)24-3/h5-8,10-11H,4,9H2,1-3H3,(H,18,23)(H,19,22)(H,20,21)/t11-/m0/s1. The van der Waals surface area contributed by atoms with Gasteiger partial charge in [0.1, 0.15) is 11.4 Å². The number of thiazole rings is 1. The van der Waals surface area contributed by atoms with E-state index in [2.05, 4.69) is 20.9 Å². The van der Waals surface area contributed by atoms with Crippen molar-refractivity contribution in [1.82, 2.24) is 15.6 Å². The van der Waals surface area contributed by atoms with Crippen LogP contribution in [-0.4, -0.2) is 36.5 Å². The van der Waals surface area contributed by atoms with E-state index >= 15 is 0 Å². The zero-order valence-electron chi connectivity index (χ0n) is 14.5. The average molecular weight is 362 g/mol. The van der Waals surface area contributed by atoms with Gasteiger partial charge in [-0.15, -0.1) is 11.3 Å². The molecule has 0 radical (unpaired) electrons. The number of ether oxygens (including phenoxy) is 1. The van der Waals surface area contributed by atoms with Gasteiger partial charge in [0, 0.05) is 11.4 Å². The summed E-state index contributed by atoms with van der Waals surface area (Å²) in [5.74, 6) is 0.0827. The molecule has 0 aliphatic rings. The quantitative estimate of drug-likeness (QED) is 0.671. The summed E-state index contributed by atoms with van der Waals surface area (Å²) in [6.07, 6.45) is 0.837. The molecule has 2 rings (SSSR count). The minimum absolute atomic E-state index is 0.0734. The molecule has 0 unspecified atom stereocenters. The smallest absolute Gasteiger partial charge is 0.271 e. The summed E-state index contributed by atoms with van der Waals surface area (Å²) in [4.78, 5) is 28.0. The zero-order valence-corrected chi connectivity index (χ0v) is 15.3. The van der Waals surface area contributed by atoms with Crippen LogP contribution in [0.5, 0.6) is 5.75 Å². The number of anilines is 2. The van der Waals surface area contributed by atoms with Crippen LogP contribution in [0.4, 0.5) is 10.8 Å². The van der Waals surface area contributed by atoms with Gasteiger partial charge < -0.3 is 20.7 Å². The molecule has 25 heavy (non-hydrogen) atoms. The maximum Gasteiger partial charge on any atom is 0.271 e. The molecule has 1 aromatic heterocycles. The van der Waals surface area contributed by atoms with Gasteiger partial charge in [-0.1, -0.05) is 19.1 Å². The van der Waals surface area contributed by atoms with E-state index in [0.717, 1.165) is 12.1 Å². The molecule has 3 N–H and O–H groups in total. The Morgan fingerprint density at radius 3 is 2.80 bits per heavy atom. The van der Waals surface area contributed by atoms with Crippen molar-refractivity contribution in [3.05, 3.63) is 35.3 Å². The molecule has 0 bridgehead atoms. The second-order valence-electron chi connectivity index (χ2n) is 5.42. The summed E-state index contributed by atoms with van der Waals surface area (Å²) >= 11 is 1.30. The Bertz CT molecular complexity index is 732. The molecular weight excluding hydrogens is 340 g/mol. The van der Waals surface area contributed by atoms with Crippen LogP contribution in [0.15, 0.2) is 29.6 Å². The van der Waals surface area contributed by atoms with E-state index in [1.165, 1.54) is 11.3 Å². The highest BCUT2D eigenvalue weighted by molar-refractivity contribution is 7.14. The first-order valence-electron chi connectivity index (χ1n) is 7.96. The van der Waals surface area contributed by atoms with Crippen molar-refractivity contribution in [1.29, 1.82) is 0 Å². The number of nitrogens with zero attached hydrogens (tertiary/aromatic N) is 1. The largest absolute Gasteiger partial charge is 0.495 e. The highest BCUT2D eigenvalue weighted by atomic mass is 32.1. The second-order valence-corrected chi connectivity index (χ2v) is 6.28. The van der Waals surface area contributed by atoms with E-state index in [0.29, 0.717) is 10.9 Å². The monoisotopic (exact) mass is 362 g/mol. The molecular formula is C17H22N4O3S. The fourth-order valence-corrected chi connectivity index (χ4v) is 2.68. The van der Waals surface area contributed by atoms with Gasteiger partial charge in [-0.05, 0) is 25.5 Å². The van der Waals surface area contributed by atoms with Crippen molar-refractivity contribution in [2.75, 3.05) is 19.0 Å². The number of rotatable bonds is 8. The molecule has 8 heteroatoms. The molecule has 7 nitrogen and oxygen atoms in total. The van der Waals surface area contributed by atoms with E-state index < -0.39 is 0 Å². The molecule has 0 aliphatic heterocycles. The van der Waals surface area contributed by atoms with Crippen LogP contribution >= 0.6 is 11.3 Å². The second kappa shape index (κ2) is 9.03. The highest BCUT2D eigenvalue weighted by Crippen LogP contribution is 2.28. The van der Waals surface area contributed by atoms with Crippen molar-refractivity contribution in [3.63, 3.8) is 0 Å². The molecule has 0 saturated heterocycles. The normalized spacial score (nSPS) is 11.5. The summed E-state index contributed by atoms with van der Waals surface area (Å²) < 4.78 is 5.27. The van der Waals surface area contributed by atoms with Crippen LogP contribution in [0.2, 0.25) is 0 Å². The van der Waals surface area contributed by atoms with E-state index in [4.69, 9.17) is 4.74 Å². The number of hydrogen-bond donors (Lipinski definition) is 3. The molecule has 2 aromatic rings. The van der Waals surface area contributed by atoms with Crippen LogP contribution in [-0.2, 0) is 4.79 Å². The van der Waals surface area contributed by atoms with Crippen molar-refractivity contribution < 1.29 is 14.3 Å². The number of hydrogen-bond acceptors (Lipinski definition) is 6. The van der Waals surface area contributed by atoms with E-state index in [1.54, 1.807) is 12.5 Å². The average Bonchev–Trinajstić information content (AvgIpc) is 3.08. The van der Waals surface area contributed by atoms with Gasteiger partial charge >= 0.3 is 0 Å². The Labute approximate surface area is 150 Å². The first kappa shape index (κ1) is 18.7. The Balaban J connectivity index is 1.92. The van der Waals surface area contributed by atoms with Gasteiger partial charge in [0.15, 0.2) is 5.13 Å². The molecule has 1 atom stereocenters. The fraction of sp³-hybridized carbons (Fsp3) is 0.353. The summed E-state index contributed by atoms with van der Waals surface area (Å²) in [6.45, 7) is 3.82. The topological polar surface area (TPSA) is 92.4 Å². The number of amides is 2. The number of para-hydroxylation sites is 2. The van der Waals surface area contributed by atoms with Crippen molar-refractivity contribution in [2.45, 2.75) is 26.3 Å². The highest BCUT2D eigenvalue weighted by Gasteiger charge is 2.13. The summed E-state index contributed by atoms with van der Waals surface area (Å²) in [5.41, 5.74) is 1.03. The van der Waals surface area contributed by atoms with E-state index in [1.807, 2.05) is 38.1 Å². The van der Waals surface area contributed by atoms with Gasteiger partial charge in [-0.3, -0.25) is 9.59 Å². The SMILES string of the molecule is CC[C@H](C)NC(=O)CNC(=O)c1csc(Nc2ccccc2OC)n1. The van der Waals surface area contributed by atoms with Crippen LogP contribution < -0.4 is 20.7 Å². The third-order valence-corrected chi connectivity index (χ3v) is 4.27. The molecule has 0 saturated carbocycles. The number of benzene rings is 1. The Morgan fingerprint density at radius 2 is 2.08 bits per heavy atom. The summed E-state index contributed by atoms with van der Waals surface area (Å²) in [6, 6.07) is 7.52. The molecule has 0 spiro atoms. The van der Waals surface area contributed by atoms with Crippen LogP contribution in [0.3, 0.4) is 0 Å². The lowest BCUT2D eigenvalue weighted by atomic mass is 10.2. The number of nitrogens with one attached hydrogen (secondary N) is 3. The molecule has 1 heterocycles. The molecule has 1 aromatic carbocycles. The van der Waals surface area contributed by atoms with Gasteiger partial charge in [0.25, 0.3) is 5.91 Å². The van der Waals surface area contributed by atoms with Gasteiger partial charge in [-0.25, -0.2) is 4.98 Å². The maximum atomic E-state index is 12.1. The van der Waals surface area contributed by atoms with Crippen molar-refractivity contribution in [3.8, 4) is 5.75 Å². The number of aromatic nitrogens is 1. The van der Waals surface area contributed by atoms with Gasteiger partial charge in [0.05, 0.1) is 19.3 Å². The molecule has 134 valence electrons. The third-order valence-electron chi connectivity index (χ3n) is 3.51. The first-order chi connectivity index (χ1) is 12.0. The molecule has 0 fully saturated rings. The van der Waals surface area contributed by atoms with E-state index in [-0.39, 0.29) is 30.1 Å². The lowest BCUT2D eigenvalue weighted by molar-refractivity contribution is -0.120. The molecule has 0 aliphatic carbocycles. The van der Waals surface area contributed by atoms with Crippen molar-refractivity contribution >= 4 is 34.0 Å². The number of methoxy groups -OCH3 is 1. The maximum absolute atomic E-state index is 12.1. The summed E-state index contributed by atoms with van der Waals surface area (Å²) in [5, 5.41) is 10.7. The van der Waals surface area contributed by atoms with Gasteiger partial charge in [-0.2, -0.15) is 0 Å². The third kappa shape index (κ3) is 5.46. The minimum atomic E-state index is -0.386. The number of carbonyl (C=O) groups is 2. The zero-order chi connectivity index (χ0) is 18.2. The Morgan fingerprint density at radius 1 is 1.32 bits per heavy atom. The van der Waals surface area contributed by atoms with Gasteiger partial charge in [0.2, 0.25) is 5.91 Å². The fourth-order valence-electron chi connectivity index (χ4n) is 1.98. The lowest BCUT2D eigenvalue weighted by Crippen LogP contribution is -2.40. The first-order valence-corrected chi connectivity index (χ1v) is 8.84. The Kier molecular flexibility index (Phi) is 6.76. The van der Waals surface area contributed by atoms with Crippen LogP contribution in [0.1, 0.15) is 30.8 Å². The minimum Gasteiger partial charge on any atom is -0.495 e.